The van der Waals surface area contributed by atoms with Crippen molar-refractivity contribution in [1.29, 1.82) is 5.26 Å². The van der Waals surface area contributed by atoms with Crippen molar-refractivity contribution in [1.82, 2.24) is 44.1 Å². The lowest BCUT2D eigenvalue weighted by Crippen LogP contribution is -2.74. The molecular formula is C53H56ClN11O3. The van der Waals surface area contributed by atoms with E-state index in [2.05, 4.69) is 106 Å². The molecule has 6 heterocycles. The van der Waals surface area contributed by atoms with E-state index in [0.717, 1.165) is 102 Å². The maximum Gasteiger partial charge on any atom is 0.328 e. The lowest BCUT2D eigenvalue weighted by atomic mass is 9.49. The average molecular weight is 931 g/mol. The van der Waals surface area contributed by atoms with Crippen molar-refractivity contribution >= 4 is 50.8 Å². The largest absolute Gasteiger partial charge is 0.489 e. The van der Waals surface area contributed by atoms with Crippen molar-refractivity contribution in [2.75, 3.05) is 37.6 Å². The van der Waals surface area contributed by atoms with Gasteiger partial charge in [0, 0.05) is 118 Å². The van der Waals surface area contributed by atoms with Gasteiger partial charge in [-0.3, -0.25) is 28.5 Å². The summed E-state index contributed by atoms with van der Waals surface area (Å²) in [6.07, 6.45) is 14.1. The van der Waals surface area contributed by atoms with E-state index in [9.17, 15) is 14.9 Å². The van der Waals surface area contributed by atoms with Gasteiger partial charge in [0.25, 0.3) is 5.91 Å². The summed E-state index contributed by atoms with van der Waals surface area (Å²) in [6.45, 7) is 12.8. The number of nitrogens with zero attached hydrogens (tertiary/aromatic N) is 10. The SMILES string of the molecule is Cn1cc(-c2cc3cccc(-c4cc(C5=CCN(CC6CCN(c7ncc(C(=O)NC8C(C)(C)C(Oc9ccc(C#N)c(Cl)c9)C8(C)C)cn7)CC6)CC5)c5c(c4)n(C)c(=O)n5C)c3cn2)cn1. The Hall–Kier alpha value is -6.82. The van der Waals surface area contributed by atoms with E-state index in [0.29, 0.717) is 33.8 Å². The average Bonchev–Trinajstić information content (AvgIpc) is 3.88. The lowest BCUT2D eigenvalue weighted by Gasteiger charge is -2.63. The fourth-order valence-corrected chi connectivity index (χ4v) is 11.6. The second-order valence-corrected chi connectivity index (χ2v) is 20.4. The number of rotatable bonds is 10. The molecule has 0 bridgehead atoms. The minimum absolute atomic E-state index is 0.0397. The monoisotopic (exact) mass is 929 g/mol. The van der Waals surface area contributed by atoms with Crippen LogP contribution in [0.2, 0.25) is 5.02 Å². The highest BCUT2D eigenvalue weighted by Crippen LogP contribution is 2.55. The van der Waals surface area contributed by atoms with E-state index in [1.165, 1.54) is 5.57 Å². The number of imidazole rings is 1. The standard InChI is InChI=1S/C53H56ClN11O3/c1-52(2)48(53(3,4)49(52)68-39-12-11-35(25-55)43(54)24-39)60-47(66)37-26-57-50(58-27-37)65-19-13-32(14-20-65)30-64-17-15-33(16-18-64)41-21-36(23-45-46(41)63(7)51(67)62(45)6)40-10-8-9-34-22-44(56-29-42(34)40)38-28-59-61(5)31-38/h8-12,15,21-24,26-29,31-32,48-49H,13-14,16-20,30H2,1-7H3,(H,60,66). The maximum atomic E-state index is 13.6. The zero-order valence-corrected chi connectivity index (χ0v) is 40.4. The van der Waals surface area contributed by atoms with Crippen LogP contribution in [0.4, 0.5) is 5.95 Å². The Morgan fingerprint density at radius 3 is 2.34 bits per heavy atom. The molecule has 10 rings (SSSR count). The summed E-state index contributed by atoms with van der Waals surface area (Å²) in [6, 6.07) is 19.9. The number of carbonyl (C=O) groups excluding carboxylic acids is 1. The summed E-state index contributed by atoms with van der Waals surface area (Å²) >= 11 is 6.28. The number of pyridine rings is 1. The summed E-state index contributed by atoms with van der Waals surface area (Å²) < 4.78 is 11.7. The second-order valence-electron chi connectivity index (χ2n) is 20.0. The van der Waals surface area contributed by atoms with Crippen molar-refractivity contribution < 1.29 is 9.53 Å². The molecule has 348 valence electrons. The number of aromatic nitrogens is 7. The van der Waals surface area contributed by atoms with Gasteiger partial charge in [0.05, 0.1) is 39.1 Å². The van der Waals surface area contributed by atoms with E-state index in [1.807, 2.05) is 39.7 Å². The number of hydrogen-bond donors (Lipinski definition) is 1. The normalized spacial score (nSPS) is 19.4. The van der Waals surface area contributed by atoms with Gasteiger partial charge in [-0.2, -0.15) is 10.4 Å². The molecule has 1 aliphatic carbocycles. The number of fused-ring (bicyclic) bond motifs is 2. The number of ether oxygens (including phenoxy) is 1. The topological polar surface area (TPSA) is 152 Å². The summed E-state index contributed by atoms with van der Waals surface area (Å²) in [5.74, 6) is 1.56. The first-order chi connectivity index (χ1) is 32.6. The first-order valence-corrected chi connectivity index (χ1v) is 23.7. The van der Waals surface area contributed by atoms with E-state index in [4.69, 9.17) is 21.3 Å². The Kier molecular flexibility index (Phi) is 11.5. The fourth-order valence-electron chi connectivity index (χ4n) is 11.4. The van der Waals surface area contributed by atoms with Gasteiger partial charge in [-0.1, -0.05) is 63.6 Å². The predicted octanol–water partition coefficient (Wildman–Crippen LogP) is 8.43. The molecule has 68 heavy (non-hydrogen) atoms. The fraction of sp³-hybridized carbons (Fsp3) is 0.377. The van der Waals surface area contributed by atoms with E-state index in [-0.39, 0.29) is 34.6 Å². The summed E-state index contributed by atoms with van der Waals surface area (Å²) in [7, 11) is 5.63. The van der Waals surface area contributed by atoms with Crippen LogP contribution in [0.5, 0.6) is 5.75 Å². The predicted molar refractivity (Wildman–Crippen MR) is 267 cm³/mol. The quantitative estimate of drug-likeness (QED) is 0.142. The van der Waals surface area contributed by atoms with Gasteiger partial charge in [0.1, 0.15) is 17.9 Å². The molecule has 1 N–H and O–H groups in total. The van der Waals surface area contributed by atoms with Gasteiger partial charge >= 0.3 is 5.69 Å². The third-order valence-electron chi connectivity index (χ3n) is 14.8. The zero-order valence-electron chi connectivity index (χ0n) is 39.6. The molecule has 0 atom stereocenters. The Bertz CT molecular complexity index is 3230. The van der Waals surface area contributed by atoms with Gasteiger partial charge in [0.15, 0.2) is 0 Å². The van der Waals surface area contributed by atoms with Gasteiger partial charge in [-0.25, -0.2) is 14.8 Å². The van der Waals surface area contributed by atoms with Crippen LogP contribution in [0.15, 0.2) is 96.5 Å². The first kappa shape index (κ1) is 45.0. The summed E-state index contributed by atoms with van der Waals surface area (Å²) in [5.41, 5.74) is 8.23. The van der Waals surface area contributed by atoms with Crippen molar-refractivity contribution in [2.24, 2.45) is 37.9 Å². The van der Waals surface area contributed by atoms with Crippen molar-refractivity contribution in [3.63, 3.8) is 0 Å². The van der Waals surface area contributed by atoms with Gasteiger partial charge in [-0.15, -0.1) is 0 Å². The number of anilines is 1. The van der Waals surface area contributed by atoms with Gasteiger partial charge in [-0.05, 0) is 77.6 Å². The van der Waals surface area contributed by atoms with Gasteiger partial charge < -0.3 is 15.0 Å². The number of hydrogen-bond acceptors (Lipinski definition) is 10. The Labute approximate surface area is 400 Å². The number of nitriles is 1. The number of piperidine rings is 1. The van der Waals surface area contributed by atoms with Gasteiger partial charge in [0.2, 0.25) is 5.95 Å². The molecule has 1 saturated heterocycles. The van der Waals surface area contributed by atoms with Crippen LogP contribution in [-0.2, 0) is 21.1 Å². The van der Waals surface area contributed by atoms with Crippen LogP contribution >= 0.6 is 11.6 Å². The number of halogens is 1. The number of nitrogens with one attached hydrogen (secondary N) is 1. The number of benzene rings is 3. The molecule has 15 heteroatoms. The van der Waals surface area contributed by atoms with Crippen molar-refractivity contribution in [3.8, 4) is 34.2 Å². The Morgan fingerprint density at radius 2 is 1.66 bits per heavy atom. The third-order valence-corrected chi connectivity index (χ3v) is 15.1. The summed E-state index contributed by atoms with van der Waals surface area (Å²) in [4.78, 5) is 45.9. The molecule has 2 aliphatic heterocycles. The molecule has 1 saturated carbocycles. The second kappa shape index (κ2) is 17.4. The molecule has 3 aliphatic rings. The lowest BCUT2D eigenvalue weighted by molar-refractivity contribution is -0.164. The minimum atomic E-state index is -0.385. The van der Waals surface area contributed by atoms with E-state index < -0.39 is 0 Å². The molecule has 1 amide bonds. The van der Waals surface area contributed by atoms with Crippen LogP contribution in [-0.4, -0.2) is 89.5 Å². The van der Waals surface area contributed by atoms with Crippen LogP contribution in [0.1, 0.15) is 68.4 Å². The smallest absolute Gasteiger partial charge is 0.328 e. The molecule has 0 spiro atoms. The Balaban J connectivity index is 0.767. The van der Waals surface area contributed by atoms with Crippen LogP contribution < -0.4 is 20.6 Å². The van der Waals surface area contributed by atoms with Crippen molar-refractivity contribution in [3.05, 3.63) is 124 Å². The van der Waals surface area contributed by atoms with Crippen molar-refractivity contribution in [2.45, 2.75) is 59.1 Å². The first-order valence-electron chi connectivity index (χ1n) is 23.3. The number of carbonyl (C=O) groups is 1. The Morgan fingerprint density at radius 1 is 0.897 bits per heavy atom. The molecule has 4 aromatic heterocycles. The van der Waals surface area contributed by atoms with Crippen LogP contribution in [0.25, 0.3) is 49.8 Å². The molecular weight excluding hydrogens is 874 g/mol. The van der Waals surface area contributed by atoms with E-state index >= 15 is 0 Å². The molecule has 0 unspecified atom stereocenters. The van der Waals surface area contributed by atoms with Crippen LogP contribution in [0, 0.1) is 28.1 Å². The van der Waals surface area contributed by atoms with Crippen LogP contribution in [0.3, 0.4) is 0 Å². The third kappa shape index (κ3) is 8.01. The molecule has 0 radical (unpaired) electrons. The number of aryl methyl sites for hydroxylation is 3. The van der Waals surface area contributed by atoms with E-state index in [1.54, 1.807) is 44.4 Å². The summed E-state index contributed by atoms with van der Waals surface area (Å²) in [5, 5.41) is 19.3. The molecule has 14 nitrogen and oxygen atoms in total. The number of amides is 1. The zero-order chi connectivity index (χ0) is 47.6. The molecule has 3 aromatic carbocycles. The minimum Gasteiger partial charge on any atom is -0.489 e. The highest BCUT2D eigenvalue weighted by atomic mass is 35.5. The molecule has 7 aromatic rings. The highest BCUT2D eigenvalue weighted by Gasteiger charge is 2.64. The molecule has 2 fully saturated rings. The highest BCUT2D eigenvalue weighted by molar-refractivity contribution is 6.31. The maximum absolute atomic E-state index is 13.6.